The molecule has 4 nitrogen and oxygen atoms in total. The van der Waals surface area contributed by atoms with Gasteiger partial charge in [0.25, 0.3) is 0 Å². The summed E-state index contributed by atoms with van der Waals surface area (Å²) < 4.78 is 24.2. The zero-order valence-electron chi connectivity index (χ0n) is 9.44. The molecule has 0 amide bonds. The molecule has 0 aromatic heterocycles. The summed E-state index contributed by atoms with van der Waals surface area (Å²) in [5, 5.41) is 8.76. The first kappa shape index (κ1) is 13.3. The van der Waals surface area contributed by atoms with Crippen molar-refractivity contribution >= 4 is 21.9 Å². The second-order valence-electron chi connectivity index (χ2n) is 4.05. The standard InChI is InChI=1S/C12H12BrFO4/c13-9-3-1-7(5-10(9)14)17-6-8-2-4-11(18-8)12(15)16/h1,3,5,8,11H,2,4,6H2,(H,15,16). The molecule has 2 unspecified atom stereocenters. The Balaban J connectivity index is 1.85. The maximum Gasteiger partial charge on any atom is 0.332 e. The molecule has 98 valence electrons. The lowest BCUT2D eigenvalue weighted by Crippen LogP contribution is -2.23. The lowest BCUT2D eigenvalue weighted by Gasteiger charge is -2.12. The number of carbonyl (C=O) groups is 1. The molecule has 1 aromatic rings. The van der Waals surface area contributed by atoms with Gasteiger partial charge in [-0.3, -0.25) is 0 Å². The summed E-state index contributed by atoms with van der Waals surface area (Å²) in [7, 11) is 0. The Bertz CT molecular complexity index is 452. The first-order valence-electron chi connectivity index (χ1n) is 5.52. The lowest BCUT2D eigenvalue weighted by atomic mass is 10.2. The quantitative estimate of drug-likeness (QED) is 0.927. The molecule has 2 atom stereocenters. The van der Waals surface area contributed by atoms with Crippen LogP contribution in [-0.4, -0.2) is 29.9 Å². The third-order valence-electron chi connectivity index (χ3n) is 2.71. The molecule has 2 rings (SSSR count). The summed E-state index contributed by atoms with van der Waals surface area (Å²) in [4.78, 5) is 10.7. The van der Waals surface area contributed by atoms with Crippen molar-refractivity contribution in [2.24, 2.45) is 0 Å². The highest BCUT2D eigenvalue weighted by Gasteiger charge is 2.30. The van der Waals surface area contributed by atoms with Crippen molar-refractivity contribution in [3.8, 4) is 5.75 Å². The van der Waals surface area contributed by atoms with Crippen molar-refractivity contribution in [1.29, 1.82) is 0 Å². The molecule has 1 aromatic carbocycles. The van der Waals surface area contributed by atoms with Crippen molar-refractivity contribution in [3.63, 3.8) is 0 Å². The third-order valence-corrected chi connectivity index (χ3v) is 3.35. The van der Waals surface area contributed by atoms with E-state index in [0.717, 1.165) is 0 Å². The summed E-state index contributed by atoms with van der Waals surface area (Å²) >= 11 is 3.05. The zero-order valence-corrected chi connectivity index (χ0v) is 11.0. The van der Waals surface area contributed by atoms with E-state index in [2.05, 4.69) is 15.9 Å². The van der Waals surface area contributed by atoms with Crippen LogP contribution in [0.1, 0.15) is 12.8 Å². The molecule has 1 aliphatic heterocycles. The van der Waals surface area contributed by atoms with Crippen molar-refractivity contribution in [1.82, 2.24) is 0 Å². The van der Waals surface area contributed by atoms with Gasteiger partial charge in [0.1, 0.15) is 18.2 Å². The van der Waals surface area contributed by atoms with E-state index in [4.69, 9.17) is 14.6 Å². The summed E-state index contributed by atoms with van der Waals surface area (Å²) in [6.45, 7) is 0.227. The van der Waals surface area contributed by atoms with E-state index in [1.165, 1.54) is 6.07 Å². The summed E-state index contributed by atoms with van der Waals surface area (Å²) in [6, 6.07) is 4.46. The van der Waals surface area contributed by atoms with E-state index >= 15 is 0 Å². The Morgan fingerprint density at radius 3 is 2.94 bits per heavy atom. The Morgan fingerprint density at radius 1 is 1.56 bits per heavy atom. The van der Waals surface area contributed by atoms with Gasteiger partial charge in [-0.05, 0) is 40.9 Å². The second-order valence-corrected chi connectivity index (χ2v) is 4.90. The largest absolute Gasteiger partial charge is 0.491 e. The van der Waals surface area contributed by atoms with Gasteiger partial charge in [0.2, 0.25) is 0 Å². The number of aliphatic carboxylic acids is 1. The van der Waals surface area contributed by atoms with Crippen LogP contribution in [0.25, 0.3) is 0 Å². The van der Waals surface area contributed by atoms with Crippen LogP contribution in [0.3, 0.4) is 0 Å². The van der Waals surface area contributed by atoms with Crippen molar-refractivity contribution in [2.75, 3.05) is 6.61 Å². The molecule has 0 bridgehead atoms. The predicted molar refractivity (Wildman–Crippen MR) is 65.1 cm³/mol. The molecule has 1 N–H and O–H groups in total. The molecule has 1 aliphatic rings. The van der Waals surface area contributed by atoms with Gasteiger partial charge >= 0.3 is 5.97 Å². The van der Waals surface area contributed by atoms with Crippen LogP contribution in [0, 0.1) is 5.82 Å². The van der Waals surface area contributed by atoms with Gasteiger partial charge in [0, 0.05) is 6.07 Å². The molecular formula is C12H12BrFO4. The average molecular weight is 319 g/mol. The zero-order chi connectivity index (χ0) is 13.1. The highest BCUT2D eigenvalue weighted by molar-refractivity contribution is 9.10. The molecule has 1 heterocycles. The molecule has 0 saturated carbocycles. The van der Waals surface area contributed by atoms with Crippen molar-refractivity contribution < 1.29 is 23.8 Å². The number of rotatable bonds is 4. The van der Waals surface area contributed by atoms with Crippen LogP contribution in [-0.2, 0) is 9.53 Å². The van der Waals surface area contributed by atoms with Gasteiger partial charge in [0.15, 0.2) is 6.10 Å². The molecule has 6 heteroatoms. The molecule has 18 heavy (non-hydrogen) atoms. The Kier molecular flexibility index (Phi) is 4.19. The number of hydrogen-bond acceptors (Lipinski definition) is 3. The third kappa shape index (κ3) is 3.20. The number of benzene rings is 1. The van der Waals surface area contributed by atoms with Gasteiger partial charge in [-0.1, -0.05) is 0 Å². The number of ether oxygens (including phenoxy) is 2. The topological polar surface area (TPSA) is 55.8 Å². The minimum atomic E-state index is -0.952. The van der Waals surface area contributed by atoms with Gasteiger partial charge < -0.3 is 14.6 Å². The summed E-state index contributed by atoms with van der Waals surface area (Å²) in [5.41, 5.74) is 0. The maximum atomic E-state index is 13.2. The minimum absolute atomic E-state index is 0.227. The normalized spacial score (nSPS) is 23.0. The Labute approximate surface area is 112 Å². The Morgan fingerprint density at radius 2 is 2.33 bits per heavy atom. The van der Waals surface area contributed by atoms with Crippen molar-refractivity contribution in [2.45, 2.75) is 25.0 Å². The van der Waals surface area contributed by atoms with Gasteiger partial charge in [-0.2, -0.15) is 0 Å². The smallest absolute Gasteiger partial charge is 0.332 e. The fourth-order valence-electron chi connectivity index (χ4n) is 1.77. The molecule has 0 spiro atoms. The highest BCUT2D eigenvalue weighted by atomic mass is 79.9. The predicted octanol–water partition coefficient (Wildman–Crippen LogP) is 2.60. The van der Waals surface area contributed by atoms with Crippen LogP contribution in [0.2, 0.25) is 0 Å². The Hall–Kier alpha value is -1.14. The first-order chi connectivity index (χ1) is 8.56. The first-order valence-corrected chi connectivity index (χ1v) is 6.31. The van der Waals surface area contributed by atoms with Crippen LogP contribution in [0.5, 0.6) is 5.75 Å². The van der Waals surface area contributed by atoms with Crippen LogP contribution < -0.4 is 4.74 Å². The van der Waals surface area contributed by atoms with Crippen LogP contribution >= 0.6 is 15.9 Å². The molecule has 1 fully saturated rings. The second kappa shape index (κ2) is 5.67. The maximum absolute atomic E-state index is 13.2. The highest BCUT2D eigenvalue weighted by Crippen LogP contribution is 2.23. The number of halogens is 2. The van der Waals surface area contributed by atoms with E-state index in [9.17, 15) is 9.18 Å². The summed E-state index contributed by atoms with van der Waals surface area (Å²) in [6.07, 6.45) is 0.117. The molecular weight excluding hydrogens is 307 g/mol. The lowest BCUT2D eigenvalue weighted by molar-refractivity contribution is -0.149. The van der Waals surface area contributed by atoms with Crippen LogP contribution in [0.4, 0.5) is 4.39 Å². The monoisotopic (exact) mass is 318 g/mol. The molecule has 1 saturated heterocycles. The van der Waals surface area contributed by atoms with Gasteiger partial charge in [0.05, 0.1) is 10.6 Å². The number of carboxylic acids is 1. The minimum Gasteiger partial charge on any atom is -0.491 e. The van der Waals surface area contributed by atoms with Crippen LogP contribution in [0.15, 0.2) is 22.7 Å². The van der Waals surface area contributed by atoms with E-state index in [-0.39, 0.29) is 12.7 Å². The van der Waals surface area contributed by atoms with E-state index < -0.39 is 17.9 Å². The van der Waals surface area contributed by atoms with Gasteiger partial charge in [-0.15, -0.1) is 0 Å². The average Bonchev–Trinajstić information content (AvgIpc) is 2.79. The van der Waals surface area contributed by atoms with E-state index in [0.29, 0.717) is 23.1 Å². The fourth-order valence-corrected chi connectivity index (χ4v) is 2.01. The van der Waals surface area contributed by atoms with Crippen molar-refractivity contribution in [3.05, 3.63) is 28.5 Å². The van der Waals surface area contributed by atoms with Gasteiger partial charge in [-0.25, -0.2) is 9.18 Å². The fraction of sp³-hybridized carbons (Fsp3) is 0.417. The molecule has 0 radical (unpaired) electrons. The molecule has 0 aliphatic carbocycles. The SMILES string of the molecule is O=C(O)C1CCC(COc2ccc(Br)c(F)c2)O1. The number of carboxylic acid groups (broad SMARTS) is 1. The van der Waals surface area contributed by atoms with E-state index in [1.807, 2.05) is 0 Å². The van der Waals surface area contributed by atoms with E-state index in [1.54, 1.807) is 12.1 Å². The number of hydrogen-bond donors (Lipinski definition) is 1. The summed E-state index contributed by atoms with van der Waals surface area (Å²) in [5.74, 6) is -0.950.